The lowest BCUT2D eigenvalue weighted by Crippen LogP contribution is -2.47. The molecule has 0 atom stereocenters. The van der Waals surface area contributed by atoms with Crippen molar-refractivity contribution in [1.82, 2.24) is 9.88 Å². The van der Waals surface area contributed by atoms with Crippen LogP contribution in [0.4, 0.5) is 13.2 Å². The highest BCUT2D eigenvalue weighted by atomic mass is 19.4. The van der Waals surface area contributed by atoms with Crippen LogP contribution in [0.5, 0.6) is 0 Å². The highest BCUT2D eigenvalue weighted by molar-refractivity contribution is 5.79. The Morgan fingerprint density at radius 3 is 2.36 bits per heavy atom. The maximum atomic E-state index is 12.5. The maximum absolute atomic E-state index is 12.5. The quantitative estimate of drug-likeness (QED) is 0.842. The topological polar surface area (TPSA) is 42.4 Å². The van der Waals surface area contributed by atoms with Crippen LogP contribution in [0.1, 0.15) is 30.0 Å². The average molecular weight is 314 g/mol. The Morgan fingerprint density at radius 2 is 1.91 bits per heavy atom. The van der Waals surface area contributed by atoms with Crippen LogP contribution in [-0.2, 0) is 15.7 Å². The molecule has 1 aromatic heterocycles. The fraction of sp³-hybridized carbons (Fsp3) is 0.600. The number of likely N-dealkylation sites (tertiary alicyclic amines) is 1. The molecule has 3 heterocycles. The van der Waals surface area contributed by atoms with Crippen molar-refractivity contribution in [2.75, 3.05) is 26.3 Å². The van der Waals surface area contributed by atoms with Gasteiger partial charge in [-0.05, 0) is 30.4 Å². The molecule has 7 heteroatoms. The van der Waals surface area contributed by atoms with Gasteiger partial charge in [0.15, 0.2) is 0 Å². The first-order valence-electron chi connectivity index (χ1n) is 7.35. The van der Waals surface area contributed by atoms with Gasteiger partial charge in [-0.15, -0.1) is 0 Å². The van der Waals surface area contributed by atoms with Gasteiger partial charge in [0.25, 0.3) is 0 Å². The maximum Gasteiger partial charge on any atom is 0.433 e. The fourth-order valence-corrected chi connectivity index (χ4v) is 2.88. The smallest absolute Gasteiger partial charge is 0.380 e. The predicted molar refractivity (Wildman–Crippen MR) is 72.1 cm³/mol. The summed E-state index contributed by atoms with van der Waals surface area (Å²) in [5.41, 5.74) is -0.0547. The summed E-state index contributed by atoms with van der Waals surface area (Å²) >= 11 is 0. The Bertz CT molecular complexity index is 533. The Labute approximate surface area is 126 Å². The van der Waals surface area contributed by atoms with Gasteiger partial charge < -0.3 is 9.64 Å². The second-order valence-electron chi connectivity index (χ2n) is 5.81. The zero-order chi connectivity index (χ0) is 15.7. The molecule has 120 valence electrons. The number of carbonyl (C=O) groups excluding carboxylic acids is 1. The average Bonchev–Trinajstić information content (AvgIpc) is 2.45. The standard InChI is InChI=1S/C15H17F3N2O2/c16-15(17,18)13-2-1-11(7-19-13)10-3-5-20(6-4-10)14(21)12-8-22-9-12/h1-2,7,10,12H,3-6,8-9H2. The summed E-state index contributed by atoms with van der Waals surface area (Å²) in [5, 5.41) is 0. The molecule has 2 aliphatic rings. The highest BCUT2D eigenvalue weighted by Gasteiger charge is 2.34. The van der Waals surface area contributed by atoms with Gasteiger partial charge in [-0.2, -0.15) is 13.2 Å². The molecule has 0 bridgehead atoms. The van der Waals surface area contributed by atoms with Gasteiger partial charge in [0.1, 0.15) is 5.69 Å². The molecular formula is C15H17F3N2O2. The van der Waals surface area contributed by atoms with Gasteiger partial charge in [-0.1, -0.05) is 6.07 Å². The number of hydrogen-bond donors (Lipinski definition) is 0. The molecule has 0 spiro atoms. The zero-order valence-corrected chi connectivity index (χ0v) is 12.0. The van der Waals surface area contributed by atoms with Crippen LogP contribution < -0.4 is 0 Å². The summed E-state index contributed by atoms with van der Waals surface area (Å²) < 4.78 is 42.5. The monoisotopic (exact) mass is 314 g/mol. The largest absolute Gasteiger partial charge is 0.433 e. The van der Waals surface area contributed by atoms with Gasteiger partial charge in [0, 0.05) is 19.3 Å². The van der Waals surface area contributed by atoms with Gasteiger partial charge in [-0.25, -0.2) is 0 Å². The third-order valence-electron chi connectivity index (χ3n) is 4.34. The molecule has 1 aromatic rings. The van der Waals surface area contributed by atoms with Crippen molar-refractivity contribution in [1.29, 1.82) is 0 Å². The number of ether oxygens (including phenoxy) is 1. The van der Waals surface area contributed by atoms with E-state index in [1.54, 1.807) is 0 Å². The minimum atomic E-state index is -4.40. The molecule has 0 aromatic carbocycles. The number of alkyl halides is 3. The van der Waals surface area contributed by atoms with Crippen molar-refractivity contribution in [2.45, 2.75) is 24.9 Å². The van der Waals surface area contributed by atoms with E-state index in [2.05, 4.69) is 4.98 Å². The predicted octanol–water partition coefficient (Wildman–Crippen LogP) is 2.45. The molecule has 22 heavy (non-hydrogen) atoms. The first-order valence-corrected chi connectivity index (χ1v) is 7.35. The van der Waals surface area contributed by atoms with E-state index >= 15 is 0 Å². The summed E-state index contributed by atoms with van der Waals surface area (Å²) in [6.45, 7) is 2.28. The lowest BCUT2D eigenvalue weighted by Gasteiger charge is -2.36. The van der Waals surface area contributed by atoms with E-state index in [9.17, 15) is 18.0 Å². The minimum Gasteiger partial charge on any atom is -0.380 e. The van der Waals surface area contributed by atoms with E-state index in [1.165, 1.54) is 12.3 Å². The third kappa shape index (κ3) is 3.09. The molecule has 2 aliphatic heterocycles. The van der Waals surface area contributed by atoms with E-state index in [4.69, 9.17) is 4.74 Å². The summed E-state index contributed by atoms with van der Waals surface area (Å²) in [7, 11) is 0. The normalized spacial score (nSPS) is 20.8. The molecule has 3 rings (SSSR count). The summed E-state index contributed by atoms with van der Waals surface area (Å²) in [5.74, 6) is 0.288. The second-order valence-corrected chi connectivity index (χ2v) is 5.81. The molecular weight excluding hydrogens is 297 g/mol. The number of nitrogens with zero attached hydrogens (tertiary/aromatic N) is 2. The second kappa shape index (κ2) is 5.87. The lowest BCUT2D eigenvalue weighted by atomic mass is 9.89. The van der Waals surface area contributed by atoms with Crippen molar-refractivity contribution in [3.8, 4) is 0 Å². The number of halogens is 3. The van der Waals surface area contributed by atoms with Crippen molar-refractivity contribution >= 4 is 5.91 Å². The van der Waals surface area contributed by atoms with E-state index in [1.807, 2.05) is 4.90 Å². The zero-order valence-electron chi connectivity index (χ0n) is 12.0. The van der Waals surface area contributed by atoms with Crippen molar-refractivity contribution in [3.05, 3.63) is 29.6 Å². The Balaban J connectivity index is 1.58. The SMILES string of the molecule is O=C(C1COC1)N1CCC(c2ccc(C(F)(F)F)nc2)CC1. The van der Waals surface area contributed by atoms with Crippen LogP contribution in [0.3, 0.4) is 0 Å². The molecule has 1 amide bonds. The van der Waals surface area contributed by atoms with Crippen LogP contribution in [0.25, 0.3) is 0 Å². The molecule has 2 fully saturated rings. The van der Waals surface area contributed by atoms with Crippen LogP contribution in [-0.4, -0.2) is 42.1 Å². The summed E-state index contributed by atoms with van der Waals surface area (Å²) in [6, 6.07) is 2.52. The van der Waals surface area contributed by atoms with Crippen LogP contribution in [0.2, 0.25) is 0 Å². The molecule has 0 aliphatic carbocycles. The number of amides is 1. The van der Waals surface area contributed by atoms with E-state index < -0.39 is 11.9 Å². The van der Waals surface area contributed by atoms with Gasteiger partial charge >= 0.3 is 6.18 Å². The summed E-state index contributed by atoms with van der Waals surface area (Å²) in [6.07, 6.45) is -1.58. The Kier molecular flexibility index (Phi) is 4.08. The first kappa shape index (κ1) is 15.3. The third-order valence-corrected chi connectivity index (χ3v) is 4.34. The molecule has 2 saturated heterocycles. The number of pyridine rings is 1. The van der Waals surface area contributed by atoms with E-state index in [0.29, 0.717) is 26.3 Å². The number of rotatable bonds is 2. The Hall–Kier alpha value is -1.63. The first-order chi connectivity index (χ1) is 10.4. The molecule has 0 N–H and O–H groups in total. The van der Waals surface area contributed by atoms with Crippen LogP contribution in [0.15, 0.2) is 18.3 Å². The van der Waals surface area contributed by atoms with Gasteiger partial charge in [0.2, 0.25) is 5.91 Å². The lowest BCUT2D eigenvalue weighted by molar-refractivity contribution is -0.151. The van der Waals surface area contributed by atoms with E-state index in [-0.39, 0.29) is 17.7 Å². The van der Waals surface area contributed by atoms with Crippen molar-refractivity contribution in [2.24, 2.45) is 5.92 Å². The molecule has 0 saturated carbocycles. The molecule has 0 radical (unpaired) electrons. The fourth-order valence-electron chi connectivity index (χ4n) is 2.88. The Morgan fingerprint density at radius 1 is 1.23 bits per heavy atom. The molecule has 0 unspecified atom stereocenters. The minimum absolute atomic E-state index is 0.00992. The highest BCUT2D eigenvalue weighted by Crippen LogP contribution is 2.31. The summed E-state index contributed by atoms with van der Waals surface area (Å²) in [4.78, 5) is 17.4. The number of hydrogen-bond acceptors (Lipinski definition) is 3. The number of aromatic nitrogens is 1. The number of piperidine rings is 1. The van der Waals surface area contributed by atoms with Gasteiger partial charge in [-0.3, -0.25) is 9.78 Å². The molecule has 4 nitrogen and oxygen atoms in total. The van der Waals surface area contributed by atoms with E-state index in [0.717, 1.165) is 24.5 Å². The van der Waals surface area contributed by atoms with Crippen molar-refractivity contribution in [3.63, 3.8) is 0 Å². The van der Waals surface area contributed by atoms with Crippen LogP contribution >= 0.6 is 0 Å². The number of carbonyl (C=O) groups is 1. The van der Waals surface area contributed by atoms with Crippen LogP contribution in [0, 0.1) is 5.92 Å². The van der Waals surface area contributed by atoms with Crippen molar-refractivity contribution < 1.29 is 22.7 Å². The van der Waals surface area contributed by atoms with Gasteiger partial charge in [0.05, 0.1) is 19.1 Å².